The van der Waals surface area contributed by atoms with Gasteiger partial charge in [0.05, 0.1) is 0 Å². The number of likely N-dealkylation sites (tertiary alicyclic amines) is 1. The molecule has 1 saturated carbocycles. The van der Waals surface area contributed by atoms with E-state index in [1.807, 2.05) is 11.8 Å². The first-order chi connectivity index (χ1) is 10.5. The highest BCUT2D eigenvalue weighted by Gasteiger charge is 2.68. The Morgan fingerprint density at radius 3 is 2.86 bits per heavy atom. The Morgan fingerprint density at radius 1 is 1.27 bits per heavy atom. The number of hydrogen-bond donors (Lipinski definition) is 0. The van der Waals surface area contributed by atoms with E-state index in [1.165, 1.54) is 6.42 Å². The van der Waals surface area contributed by atoms with Gasteiger partial charge in [0.25, 0.3) is 0 Å². The van der Waals surface area contributed by atoms with Crippen molar-refractivity contribution in [2.75, 3.05) is 6.54 Å². The van der Waals surface area contributed by atoms with Crippen LogP contribution in [0.4, 0.5) is 0 Å². The van der Waals surface area contributed by atoms with Gasteiger partial charge in [0.15, 0.2) is 11.8 Å². The highest BCUT2D eigenvalue weighted by molar-refractivity contribution is 5.78. The van der Waals surface area contributed by atoms with Crippen molar-refractivity contribution in [3.63, 3.8) is 0 Å². The number of rotatable bonds is 2. The molecule has 124 valence electrons. The summed E-state index contributed by atoms with van der Waals surface area (Å²) >= 11 is 0. The lowest BCUT2D eigenvalue weighted by molar-refractivity contribution is -0.546. The predicted octanol–water partition coefficient (Wildman–Crippen LogP) is 2.84. The molecule has 0 aromatic heterocycles. The van der Waals surface area contributed by atoms with Crippen molar-refractivity contribution < 1.29 is 19.3 Å². The van der Waals surface area contributed by atoms with Gasteiger partial charge in [-0.2, -0.15) is 0 Å². The van der Waals surface area contributed by atoms with Crippen LogP contribution in [0, 0.1) is 17.8 Å². The van der Waals surface area contributed by atoms with E-state index < -0.39 is 11.4 Å². The van der Waals surface area contributed by atoms with Crippen LogP contribution < -0.4 is 0 Å². The maximum atomic E-state index is 12.7. The van der Waals surface area contributed by atoms with E-state index in [-0.39, 0.29) is 18.1 Å². The van der Waals surface area contributed by atoms with Crippen molar-refractivity contribution in [1.82, 2.24) is 4.90 Å². The van der Waals surface area contributed by atoms with Crippen LogP contribution in [0.15, 0.2) is 0 Å². The summed E-state index contributed by atoms with van der Waals surface area (Å²) in [7, 11) is 0. The van der Waals surface area contributed by atoms with Crippen LogP contribution in [0.25, 0.3) is 0 Å². The summed E-state index contributed by atoms with van der Waals surface area (Å²) in [6.07, 6.45) is 5.31. The van der Waals surface area contributed by atoms with Crippen molar-refractivity contribution in [3.8, 4) is 0 Å². The van der Waals surface area contributed by atoms with E-state index >= 15 is 0 Å². The quantitative estimate of drug-likeness (QED) is 0.736. The Kier molecular flexibility index (Phi) is 3.34. The van der Waals surface area contributed by atoms with Gasteiger partial charge in [-0.1, -0.05) is 13.8 Å². The topological polar surface area (TPSA) is 48.0 Å². The molecular weight excluding hydrogens is 282 g/mol. The number of nitrogens with zero attached hydrogens (tertiary/aromatic N) is 1. The van der Waals surface area contributed by atoms with Crippen LogP contribution in [-0.2, 0) is 19.3 Å². The summed E-state index contributed by atoms with van der Waals surface area (Å²) < 4.78 is 6.37. The zero-order valence-electron chi connectivity index (χ0n) is 13.8. The van der Waals surface area contributed by atoms with E-state index in [2.05, 4.69) is 13.8 Å². The number of carbonyl (C=O) groups excluding carboxylic acids is 1. The zero-order chi connectivity index (χ0) is 15.5. The Hall–Kier alpha value is -0.650. The van der Waals surface area contributed by atoms with E-state index in [1.54, 1.807) is 0 Å². The number of hydrogen-bond acceptors (Lipinski definition) is 4. The molecule has 1 unspecified atom stereocenters. The lowest BCUT2D eigenvalue weighted by Crippen LogP contribution is -2.72. The summed E-state index contributed by atoms with van der Waals surface area (Å²) in [6, 6.07) is 0. The van der Waals surface area contributed by atoms with Crippen molar-refractivity contribution in [1.29, 1.82) is 0 Å². The minimum atomic E-state index is -0.721. The molecule has 22 heavy (non-hydrogen) atoms. The van der Waals surface area contributed by atoms with Gasteiger partial charge in [-0.05, 0) is 44.4 Å². The third kappa shape index (κ3) is 1.85. The average Bonchev–Trinajstić information content (AvgIpc) is 2.72. The molecule has 5 aliphatic rings. The van der Waals surface area contributed by atoms with Gasteiger partial charge in [-0.15, -0.1) is 0 Å². The Labute approximate surface area is 132 Å². The smallest absolute Gasteiger partial charge is 0.225 e. The Bertz CT molecular complexity index is 479. The molecule has 5 nitrogen and oxygen atoms in total. The molecule has 0 aromatic carbocycles. The first-order valence-corrected chi connectivity index (χ1v) is 8.84. The van der Waals surface area contributed by atoms with Gasteiger partial charge in [0.1, 0.15) is 0 Å². The van der Waals surface area contributed by atoms with E-state index in [9.17, 15) is 4.79 Å². The predicted molar refractivity (Wildman–Crippen MR) is 79.4 cm³/mol. The molecule has 0 aromatic rings. The maximum absolute atomic E-state index is 12.7. The highest BCUT2D eigenvalue weighted by atomic mass is 17.3. The Morgan fingerprint density at radius 2 is 2.09 bits per heavy atom. The zero-order valence-corrected chi connectivity index (χ0v) is 13.8. The third-order valence-electron chi connectivity index (χ3n) is 6.38. The molecule has 2 bridgehead atoms. The van der Waals surface area contributed by atoms with Crippen molar-refractivity contribution >= 4 is 5.91 Å². The molecular formula is C17H27NO4. The van der Waals surface area contributed by atoms with Gasteiger partial charge in [0, 0.05) is 25.3 Å². The van der Waals surface area contributed by atoms with Gasteiger partial charge in [-0.3, -0.25) is 4.79 Å². The van der Waals surface area contributed by atoms with Crippen LogP contribution in [0.1, 0.15) is 59.3 Å². The number of amides is 1. The molecule has 4 saturated heterocycles. The molecule has 5 heteroatoms. The first-order valence-electron chi connectivity index (χ1n) is 8.84. The largest absolute Gasteiger partial charge is 0.321 e. The number of fused-ring (bicyclic) bond motifs is 2. The molecule has 0 N–H and O–H groups in total. The molecule has 1 aliphatic carbocycles. The van der Waals surface area contributed by atoms with Crippen LogP contribution in [-0.4, -0.2) is 35.0 Å². The minimum absolute atomic E-state index is 0.218. The molecule has 1 spiro atoms. The lowest BCUT2D eigenvalue weighted by Gasteiger charge is -2.60. The molecule has 4 heterocycles. The SMILES string of the molecule is CCCN1C(=O)C[C@@H]2CC[C@@H](C)[C@@H]3CC[C@@]4(C)OO[C@@]23C1O4. The second kappa shape index (κ2) is 4.92. The van der Waals surface area contributed by atoms with Crippen molar-refractivity contribution in [3.05, 3.63) is 0 Å². The van der Waals surface area contributed by atoms with Gasteiger partial charge >= 0.3 is 0 Å². The molecule has 6 atom stereocenters. The van der Waals surface area contributed by atoms with Gasteiger partial charge < -0.3 is 9.64 Å². The van der Waals surface area contributed by atoms with Crippen LogP contribution in [0.5, 0.6) is 0 Å². The number of piperidine rings is 1. The normalized spacial score (nSPS) is 50.7. The third-order valence-corrected chi connectivity index (χ3v) is 6.38. The molecule has 4 aliphatic heterocycles. The monoisotopic (exact) mass is 309 g/mol. The second-order valence-corrected chi connectivity index (χ2v) is 7.81. The minimum Gasteiger partial charge on any atom is -0.321 e. The first kappa shape index (κ1) is 14.9. The summed E-state index contributed by atoms with van der Waals surface area (Å²) in [4.78, 5) is 26.5. The fraction of sp³-hybridized carbons (Fsp3) is 0.941. The molecule has 1 amide bonds. The number of carbonyl (C=O) groups is 1. The number of ether oxygens (including phenoxy) is 1. The Balaban J connectivity index is 1.81. The van der Waals surface area contributed by atoms with Crippen LogP contribution in [0.3, 0.4) is 0 Å². The van der Waals surface area contributed by atoms with Crippen molar-refractivity contribution in [2.24, 2.45) is 17.8 Å². The van der Waals surface area contributed by atoms with E-state index in [0.717, 1.165) is 32.2 Å². The van der Waals surface area contributed by atoms with E-state index in [4.69, 9.17) is 14.5 Å². The van der Waals surface area contributed by atoms with Crippen LogP contribution >= 0.6 is 0 Å². The molecule has 5 fully saturated rings. The second-order valence-electron chi connectivity index (χ2n) is 7.81. The highest BCUT2D eigenvalue weighted by Crippen LogP contribution is 2.59. The standard InChI is InChI=1S/C17H27NO4/c1-4-9-18-14(19)10-12-6-5-11(2)13-7-8-16(3)20-15(18)17(12,13)22-21-16/h11-13,15H,4-10H2,1-3H3/t11-,12+,13+,15?,16-,17+/m1/s1. The van der Waals surface area contributed by atoms with Crippen LogP contribution in [0.2, 0.25) is 0 Å². The van der Waals surface area contributed by atoms with E-state index in [0.29, 0.717) is 18.3 Å². The molecule has 5 rings (SSSR count). The summed E-state index contributed by atoms with van der Waals surface area (Å²) in [5, 5.41) is 0. The fourth-order valence-electron chi connectivity index (χ4n) is 5.24. The summed E-state index contributed by atoms with van der Waals surface area (Å²) in [5.41, 5.74) is -0.462. The summed E-state index contributed by atoms with van der Waals surface area (Å²) in [5.74, 6) is 0.717. The fourth-order valence-corrected chi connectivity index (χ4v) is 5.24. The lowest BCUT2D eigenvalue weighted by atomic mass is 9.59. The van der Waals surface area contributed by atoms with Gasteiger partial charge in [0.2, 0.25) is 11.7 Å². The van der Waals surface area contributed by atoms with Crippen molar-refractivity contribution in [2.45, 2.75) is 76.9 Å². The van der Waals surface area contributed by atoms with Gasteiger partial charge in [-0.25, -0.2) is 9.78 Å². The average molecular weight is 309 g/mol. The summed E-state index contributed by atoms with van der Waals surface area (Å²) in [6.45, 7) is 7.10. The molecule has 0 radical (unpaired) electrons. The maximum Gasteiger partial charge on any atom is 0.225 e.